The number of nitrogens with zero attached hydrogens (tertiary/aromatic N) is 3. The van der Waals surface area contributed by atoms with Crippen LogP contribution in [0, 0.1) is 0 Å². The quantitative estimate of drug-likeness (QED) is 0.171. The third kappa shape index (κ3) is 5.67. The van der Waals surface area contributed by atoms with Crippen molar-refractivity contribution in [2.75, 3.05) is 0 Å². The highest BCUT2D eigenvalue weighted by Crippen LogP contribution is 2.64. The molecular formula is C70H39N3O3. The first-order valence-corrected chi connectivity index (χ1v) is 25.7. The van der Waals surface area contributed by atoms with E-state index in [2.05, 4.69) is 164 Å². The van der Waals surface area contributed by atoms with Crippen LogP contribution in [0.1, 0.15) is 22.3 Å². The predicted molar refractivity (Wildman–Crippen MR) is 305 cm³/mol. The molecule has 352 valence electrons. The Morgan fingerprint density at radius 3 is 1.41 bits per heavy atom. The van der Waals surface area contributed by atoms with Crippen molar-refractivity contribution in [2.24, 2.45) is 0 Å². The Morgan fingerprint density at radius 1 is 0.250 bits per heavy atom. The summed E-state index contributed by atoms with van der Waals surface area (Å²) in [7, 11) is 0. The zero-order valence-electron chi connectivity index (χ0n) is 40.6. The van der Waals surface area contributed by atoms with Gasteiger partial charge in [0.2, 0.25) is 0 Å². The SMILES string of the molecule is c1cc(-c2ccc3oc4cccc(-c5nc(-c6ccc7oc8ccccc8c7c6)nc(-c6cccc7oc8ccccc8c67)n5)c4c3c2)cc(-c2cccc3c2-c2ccccc2C32c3ccccc3-c3ccccc32)c1. The van der Waals surface area contributed by atoms with Gasteiger partial charge >= 0.3 is 0 Å². The van der Waals surface area contributed by atoms with Gasteiger partial charge in [-0.2, -0.15) is 0 Å². The molecule has 0 bridgehead atoms. The van der Waals surface area contributed by atoms with Crippen LogP contribution < -0.4 is 0 Å². The average molecular weight is 970 g/mol. The van der Waals surface area contributed by atoms with Crippen LogP contribution in [0.15, 0.2) is 250 Å². The minimum Gasteiger partial charge on any atom is -0.456 e. The second-order valence-corrected chi connectivity index (χ2v) is 20.1. The van der Waals surface area contributed by atoms with Gasteiger partial charge in [0.05, 0.1) is 5.41 Å². The molecular weight excluding hydrogens is 931 g/mol. The summed E-state index contributed by atoms with van der Waals surface area (Å²) in [6, 6.07) is 84.0. The Kier molecular flexibility index (Phi) is 8.39. The summed E-state index contributed by atoms with van der Waals surface area (Å²) in [4.78, 5) is 16.0. The van der Waals surface area contributed by atoms with E-state index in [-0.39, 0.29) is 0 Å². The smallest absolute Gasteiger partial charge is 0.164 e. The van der Waals surface area contributed by atoms with Crippen molar-refractivity contribution >= 4 is 65.8 Å². The van der Waals surface area contributed by atoms with Crippen molar-refractivity contribution in [1.82, 2.24) is 15.0 Å². The van der Waals surface area contributed by atoms with Crippen LogP contribution in [0.4, 0.5) is 0 Å². The van der Waals surface area contributed by atoms with Crippen molar-refractivity contribution in [2.45, 2.75) is 5.41 Å². The number of para-hydroxylation sites is 2. The average Bonchev–Trinajstić information content (AvgIpc) is 4.45. The van der Waals surface area contributed by atoms with E-state index in [1.54, 1.807) is 0 Å². The molecule has 4 aromatic heterocycles. The van der Waals surface area contributed by atoms with Crippen LogP contribution in [0.25, 0.3) is 144 Å². The first-order valence-electron chi connectivity index (χ1n) is 25.7. The molecule has 17 rings (SSSR count). The van der Waals surface area contributed by atoms with Gasteiger partial charge in [-0.15, -0.1) is 0 Å². The maximum Gasteiger partial charge on any atom is 0.164 e. The van der Waals surface area contributed by atoms with Gasteiger partial charge in [0.15, 0.2) is 17.5 Å². The number of fused-ring (bicyclic) bond motifs is 19. The molecule has 6 nitrogen and oxygen atoms in total. The largest absolute Gasteiger partial charge is 0.456 e. The monoisotopic (exact) mass is 969 g/mol. The fourth-order valence-electron chi connectivity index (χ4n) is 13.0. The van der Waals surface area contributed by atoms with Gasteiger partial charge in [0.1, 0.15) is 33.5 Å². The van der Waals surface area contributed by atoms with E-state index in [9.17, 15) is 0 Å². The van der Waals surface area contributed by atoms with Crippen LogP contribution in [0.2, 0.25) is 0 Å². The number of furan rings is 3. The number of aromatic nitrogens is 3. The highest BCUT2D eigenvalue weighted by Gasteiger charge is 2.52. The summed E-state index contributed by atoms with van der Waals surface area (Å²) < 4.78 is 19.3. The van der Waals surface area contributed by atoms with Crippen LogP contribution in [-0.2, 0) is 5.41 Å². The van der Waals surface area contributed by atoms with E-state index >= 15 is 0 Å². The molecule has 0 saturated heterocycles. The van der Waals surface area contributed by atoms with Crippen molar-refractivity contribution < 1.29 is 13.3 Å². The lowest BCUT2D eigenvalue weighted by atomic mass is 9.70. The maximum absolute atomic E-state index is 6.69. The molecule has 0 fully saturated rings. The van der Waals surface area contributed by atoms with Gasteiger partial charge in [-0.1, -0.05) is 176 Å². The van der Waals surface area contributed by atoms with Crippen molar-refractivity contribution in [1.29, 1.82) is 0 Å². The lowest BCUT2D eigenvalue weighted by molar-refractivity contribution is 0.668. The molecule has 15 aromatic rings. The van der Waals surface area contributed by atoms with Crippen LogP contribution in [-0.4, -0.2) is 15.0 Å². The lowest BCUT2D eigenvalue weighted by Crippen LogP contribution is -2.25. The third-order valence-electron chi connectivity index (χ3n) is 16.2. The summed E-state index contributed by atoms with van der Waals surface area (Å²) in [5.41, 5.74) is 21.9. The summed E-state index contributed by atoms with van der Waals surface area (Å²) in [6.45, 7) is 0. The minimum absolute atomic E-state index is 0.416. The number of benzene rings is 11. The van der Waals surface area contributed by atoms with E-state index in [4.69, 9.17) is 28.2 Å². The molecule has 2 aliphatic rings. The molecule has 6 heteroatoms. The number of rotatable bonds is 5. The Hall–Kier alpha value is -10.2. The normalized spacial score (nSPS) is 13.1. The molecule has 0 atom stereocenters. The van der Waals surface area contributed by atoms with Gasteiger partial charge in [0.25, 0.3) is 0 Å². The van der Waals surface area contributed by atoms with Crippen molar-refractivity contribution in [3.8, 4) is 78.7 Å². The summed E-state index contributed by atoms with van der Waals surface area (Å²) in [5, 5.41) is 5.89. The molecule has 1 spiro atoms. The van der Waals surface area contributed by atoms with E-state index in [1.165, 1.54) is 50.1 Å². The molecule has 0 amide bonds. The molecule has 76 heavy (non-hydrogen) atoms. The Balaban J connectivity index is 0.836. The number of hydrogen-bond donors (Lipinski definition) is 0. The molecule has 0 aliphatic heterocycles. The first kappa shape index (κ1) is 41.3. The van der Waals surface area contributed by atoms with Gasteiger partial charge in [0, 0.05) is 49.0 Å². The third-order valence-corrected chi connectivity index (χ3v) is 16.2. The van der Waals surface area contributed by atoms with E-state index in [0.29, 0.717) is 17.5 Å². The predicted octanol–water partition coefficient (Wildman–Crippen LogP) is 18.2. The molecule has 4 heterocycles. The van der Waals surface area contributed by atoms with Gasteiger partial charge in [-0.05, 0) is 127 Å². The molecule has 2 aliphatic carbocycles. The van der Waals surface area contributed by atoms with Crippen LogP contribution in [0.5, 0.6) is 0 Å². The molecule has 0 radical (unpaired) electrons. The highest BCUT2D eigenvalue weighted by atomic mass is 16.3. The van der Waals surface area contributed by atoms with Crippen LogP contribution >= 0.6 is 0 Å². The van der Waals surface area contributed by atoms with E-state index < -0.39 is 5.41 Å². The molecule has 0 saturated carbocycles. The van der Waals surface area contributed by atoms with E-state index in [0.717, 1.165) is 99.2 Å². The summed E-state index contributed by atoms with van der Waals surface area (Å²) >= 11 is 0. The summed E-state index contributed by atoms with van der Waals surface area (Å²) in [6.07, 6.45) is 0. The Morgan fingerprint density at radius 2 is 0.684 bits per heavy atom. The Labute approximate surface area is 434 Å². The lowest BCUT2D eigenvalue weighted by Gasteiger charge is -2.30. The maximum atomic E-state index is 6.69. The van der Waals surface area contributed by atoms with Crippen molar-refractivity contribution in [3.05, 3.63) is 259 Å². The fraction of sp³-hybridized carbons (Fsp3) is 0.0143. The Bertz CT molecular complexity index is 4930. The van der Waals surface area contributed by atoms with Gasteiger partial charge < -0.3 is 13.3 Å². The minimum atomic E-state index is -0.416. The first-order chi connectivity index (χ1) is 37.7. The summed E-state index contributed by atoms with van der Waals surface area (Å²) in [5.74, 6) is 1.62. The van der Waals surface area contributed by atoms with E-state index in [1.807, 2.05) is 72.8 Å². The zero-order chi connectivity index (χ0) is 49.6. The van der Waals surface area contributed by atoms with Crippen molar-refractivity contribution in [3.63, 3.8) is 0 Å². The molecule has 0 unspecified atom stereocenters. The van der Waals surface area contributed by atoms with Crippen LogP contribution in [0.3, 0.4) is 0 Å². The second-order valence-electron chi connectivity index (χ2n) is 20.1. The molecule has 11 aromatic carbocycles. The standard InChI is InChI=1S/C70H39N3O3/c1-6-25-54-45(17-1)46-18-2-7-26-55(46)70(54)56-27-8-3-20-48(56)64-44(22-12-28-57(64)70)42-16-11-15-40(37-42)41-33-35-61-53(38-41)66-51(24-14-32-63(66)76-61)69-72-67(43-34-36-60-52(39-43)47-19-4-9-29-58(47)74-60)71-68(73-69)50-23-13-31-62-65(50)49-21-5-10-30-59(49)75-62/h1-39H. The highest BCUT2D eigenvalue weighted by molar-refractivity contribution is 6.14. The number of hydrogen-bond acceptors (Lipinski definition) is 6. The topological polar surface area (TPSA) is 78.1 Å². The zero-order valence-corrected chi connectivity index (χ0v) is 40.6. The molecule has 0 N–H and O–H groups in total. The van der Waals surface area contributed by atoms with Gasteiger partial charge in [-0.25, -0.2) is 15.0 Å². The second kappa shape index (κ2) is 15.4. The fourth-order valence-corrected chi connectivity index (χ4v) is 13.0. The van der Waals surface area contributed by atoms with Gasteiger partial charge in [-0.3, -0.25) is 0 Å².